The maximum absolute atomic E-state index is 12.1. The van der Waals surface area contributed by atoms with E-state index >= 15 is 0 Å². The molecule has 5 heteroatoms. The third-order valence-electron chi connectivity index (χ3n) is 1.24. The van der Waals surface area contributed by atoms with Crippen LogP contribution in [0.15, 0.2) is 11.1 Å². The summed E-state index contributed by atoms with van der Waals surface area (Å²) >= 11 is 0. The fourth-order valence-electron chi connectivity index (χ4n) is 0.692. The largest absolute Gasteiger partial charge is 0.421 e. The molecule has 0 saturated heterocycles. The van der Waals surface area contributed by atoms with Crippen LogP contribution >= 0.6 is 0 Å². The van der Waals surface area contributed by atoms with Gasteiger partial charge in [0, 0.05) is 5.71 Å². The summed E-state index contributed by atoms with van der Waals surface area (Å²) in [5.41, 5.74) is 0.273. The van der Waals surface area contributed by atoms with E-state index in [1.54, 1.807) is 0 Å². The summed E-state index contributed by atoms with van der Waals surface area (Å²) < 4.78 is 39.5. The molecule has 0 bridgehead atoms. The molecule has 0 radical (unpaired) electrons. The Morgan fingerprint density at radius 1 is 1.58 bits per heavy atom. The normalized spacial score (nSPS) is 22.3. The summed E-state index contributed by atoms with van der Waals surface area (Å²) in [6.07, 6.45) is -2.32. The van der Waals surface area contributed by atoms with E-state index in [0.29, 0.717) is 0 Å². The van der Waals surface area contributed by atoms with E-state index < -0.39 is 12.2 Å². The van der Waals surface area contributed by atoms with Crippen molar-refractivity contribution in [1.29, 1.82) is 0 Å². The van der Waals surface area contributed by atoms with Crippen LogP contribution in [-0.4, -0.2) is 30.0 Å². The number of hydrogen-bond donors (Lipinski definition) is 0. The van der Waals surface area contributed by atoms with Gasteiger partial charge in [-0.05, 0) is 11.6 Å². The molecule has 1 rings (SSSR count). The van der Waals surface area contributed by atoms with Crippen LogP contribution in [0, 0.1) is 0 Å². The fraction of sp³-hybridized carbons (Fsp3) is 0.429. The molecule has 1 atom stereocenters. The lowest BCUT2D eigenvalue weighted by molar-refractivity contribution is -0.130. The van der Waals surface area contributed by atoms with Crippen molar-refractivity contribution in [2.75, 3.05) is 0 Å². The van der Waals surface area contributed by atoms with Gasteiger partial charge >= 0.3 is 18.3 Å². The molecule has 1 aliphatic heterocycles. The maximum atomic E-state index is 12.1. The summed E-state index contributed by atoms with van der Waals surface area (Å²) in [4.78, 5) is 3.37. The zero-order chi connectivity index (χ0) is 9.19. The standard InChI is InChI=1S/C7H6F3N2/c1-5-2-3-11-4-6(12-5)7(8,9)10/h2,4,6H,1H3/q+1. The van der Waals surface area contributed by atoms with Crippen molar-refractivity contribution in [2.24, 2.45) is 4.99 Å². The van der Waals surface area contributed by atoms with Gasteiger partial charge in [-0.25, -0.2) is 0 Å². The molecule has 64 valence electrons. The highest BCUT2D eigenvalue weighted by Gasteiger charge is 2.42. The van der Waals surface area contributed by atoms with Crippen LogP contribution in [0.3, 0.4) is 0 Å². The number of rotatable bonds is 0. The first kappa shape index (κ1) is 8.78. The van der Waals surface area contributed by atoms with Crippen molar-refractivity contribution in [2.45, 2.75) is 19.1 Å². The number of allylic oxidation sites excluding steroid dienone is 1. The van der Waals surface area contributed by atoms with Gasteiger partial charge in [-0.1, -0.05) is 0 Å². The number of hydrogen-bond acceptors (Lipinski definition) is 1. The van der Waals surface area contributed by atoms with E-state index in [4.69, 9.17) is 0 Å². The Hall–Kier alpha value is -1.31. The summed E-state index contributed by atoms with van der Waals surface area (Å²) in [7, 11) is 0. The number of aliphatic imine (C=N–C) groups is 1. The maximum Gasteiger partial charge on any atom is 0.421 e. The summed E-state index contributed by atoms with van der Waals surface area (Å²) in [6, 6.07) is -1.83. The minimum absolute atomic E-state index is 0.273. The Morgan fingerprint density at radius 2 is 2.25 bits per heavy atom. The number of nitrogens with zero attached hydrogens (tertiary/aromatic N) is 2. The molecule has 1 aliphatic rings. The average Bonchev–Trinajstić information content (AvgIpc) is 2.11. The molecule has 12 heavy (non-hydrogen) atoms. The van der Waals surface area contributed by atoms with Crippen LogP contribution < -0.4 is 4.67 Å². The SMILES string of the molecule is CC1=NC(C(F)(F)F)C=[N+]=C=C1. The first-order chi connectivity index (χ1) is 5.50. The van der Waals surface area contributed by atoms with Crippen molar-refractivity contribution in [3.8, 4) is 0 Å². The predicted octanol–water partition coefficient (Wildman–Crippen LogP) is 0.756. The molecule has 0 aliphatic carbocycles. The molecule has 0 aromatic rings. The van der Waals surface area contributed by atoms with E-state index in [2.05, 4.69) is 15.5 Å². The molecule has 1 unspecified atom stereocenters. The van der Waals surface area contributed by atoms with Gasteiger partial charge in [-0.3, -0.25) is 4.99 Å². The van der Waals surface area contributed by atoms with Crippen LogP contribution in [0.25, 0.3) is 0 Å². The second-order valence-electron chi connectivity index (χ2n) is 2.31. The highest BCUT2D eigenvalue weighted by Crippen LogP contribution is 2.21. The zero-order valence-corrected chi connectivity index (χ0v) is 6.26. The molecule has 0 N–H and O–H groups in total. The smallest absolute Gasteiger partial charge is 0.265 e. The Kier molecular flexibility index (Phi) is 2.18. The third kappa shape index (κ3) is 2.09. The molecule has 0 amide bonds. The minimum atomic E-state index is -4.36. The van der Waals surface area contributed by atoms with Gasteiger partial charge in [-0.2, -0.15) is 13.2 Å². The molecule has 0 aromatic heterocycles. The van der Waals surface area contributed by atoms with Gasteiger partial charge in [-0.15, -0.1) is 0 Å². The Bertz CT molecular complexity index is 301. The van der Waals surface area contributed by atoms with Gasteiger partial charge in [0.1, 0.15) is 0 Å². The third-order valence-corrected chi connectivity index (χ3v) is 1.24. The number of alkyl halides is 3. The Labute approximate surface area is 66.9 Å². The molecular weight excluding hydrogens is 169 g/mol. The van der Waals surface area contributed by atoms with Crippen molar-refractivity contribution in [1.82, 2.24) is 4.67 Å². The molecule has 0 spiro atoms. The monoisotopic (exact) mass is 175 g/mol. The van der Waals surface area contributed by atoms with Gasteiger partial charge in [0.15, 0.2) is 0 Å². The quantitative estimate of drug-likeness (QED) is 0.486. The lowest BCUT2D eigenvalue weighted by Crippen LogP contribution is -2.29. The Morgan fingerprint density at radius 3 is 2.83 bits per heavy atom. The average molecular weight is 175 g/mol. The van der Waals surface area contributed by atoms with Crippen LogP contribution in [0.1, 0.15) is 6.92 Å². The van der Waals surface area contributed by atoms with E-state index in [1.165, 1.54) is 13.0 Å². The topological polar surface area (TPSA) is 26.5 Å². The van der Waals surface area contributed by atoms with Crippen LogP contribution in [0.2, 0.25) is 0 Å². The van der Waals surface area contributed by atoms with Crippen LogP contribution in [0.5, 0.6) is 0 Å². The van der Waals surface area contributed by atoms with Gasteiger partial charge in [0.25, 0.3) is 0 Å². The first-order valence-electron chi connectivity index (χ1n) is 3.23. The van der Waals surface area contributed by atoms with E-state index in [0.717, 1.165) is 6.21 Å². The van der Waals surface area contributed by atoms with Crippen LogP contribution in [0.4, 0.5) is 13.2 Å². The van der Waals surface area contributed by atoms with E-state index in [1.807, 2.05) is 0 Å². The molecule has 0 aromatic carbocycles. The van der Waals surface area contributed by atoms with Gasteiger partial charge < -0.3 is 0 Å². The lowest BCUT2D eigenvalue weighted by Gasteiger charge is -2.06. The lowest BCUT2D eigenvalue weighted by atomic mass is 10.3. The van der Waals surface area contributed by atoms with Crippen LogP contribution in [-0.2, 0) is 0 Å². The Balaban J connectivity index is 2.98. The second kappa shape index (κ2) is 2.97. The van der Waals surface area contributed by atoms with Crippen molar-refractivity contribution < 1.29 is 13.2 Å². The molecule has 0 fully saturated rings. The summed E-state index contributed by atoms with van der Waals surface area (Å²) in [5.74, 6) is 2.31. The second-order valence-corrected chi connectivity index (χ2v) is 2.31. The summed E-state index contributed by atoms with van der Waals surface area (Å²) in [6.45, 7) is 1.47. The number of halogens is 3. The predicted molar refractivity (Wildman–Crippen MR) is 40.7 cm³/mol. The fourth-order valence-corrected chi connectivity index (χ4v) is 0.692. The van der Waals surface area contributed by atoms with Gasteiger partial charge in [0.05, 0.1) is 6.08 Å². The summed E-state index contributed by atoms with van der Waals surface area (Å²) in [5, 5.41) is 0. The zero-order valence-electron chi connectivity index (χ0n) is 6.26. The van der Waals surface area contributed by atoms with Crippen molar-refractivity contribution in [3.05, 3.63) is 6.08 Å². The van der Waals surface area contributed by atoms with Crippen molar-refractivity contribution in [3.63, 3.8) is 0 Å². The molecule has 1 heterocycles. The highest BCUT2D eigenvalue weighted by atomic mass is 19.4. The molecule has 0 saturated carbocycles. The minimum Gasteiger partial charge on any atom is -0.265 e. The van der Waals surface area contributed by atoms with E-state index in [9.17, 15) is 13.2 Å². The highest BCUT2D eigenvalue weighted by molar-refractivity contribution is 6.01. The van der Waals surface area contributed by atoms with E-state index in [-0.39, 0.29) is 5.71 Å². The van der Waals surface area contributed by atoms with Crippen molar-refractivity contribution >= 4 is 17.8 Å². The van der Waals surface area contributed by atoms with Gasteiger partial charge in [0.2, 0.25) is 6.04 Å². The molecular formula is C7H6F3N2+. The first-order valence-corrected chi connectivity index (χ1v) is 3.23. The molecule has 2 nitrogen and oxygen atoms in total.